The van der Waals surface area contributed by atoms with Crippen LogP contribution in [0.2, 0.25) is 0 Å². The van der Waals surface area contributed by atoms with Crippen molar-refractivity contribution in [2.45, 2.75) is 32.7 Å². The highest BCUT2D eigenvalue weighted by Gasteiger charge is 2.33. The Labute approximate surface area is 262 Å². The van der Waals surface area contributed by atoms with Crippen molar-refractivity contribution in [3.63, 3.8) is 0 Å². The van der Waals surface area contributed by atoms with Crippen LogP contribution in [-0.4, -0.2) is 14.5 Å². The number of allylic oxidation sites excluding steroid dienone is 1. The van der Waals surface area contributed by atoms with Gasteiger partial charge in [-0.05, 0) is 66.7 Å². The van der Waals surface area contributed by atoms with Crippen LogP contribution in [0.3, 0.4) is 0 Å². The number of fused-ring (bicyclic) bond motifs is 4. The third-order valence-electron chi connectivity index (χ3n) is 8.90. The van der Waals surface area contributed by atoms with Gasteiger partial charge in [0, 0.05) is 34.2 Å². The van der Waals surface area contributed by atoms with Crippen molar-refractivity contribution in [1.82, 2.24) is 9.55 Å². The molecule has 7 nitrogen and oxygen atoms in total. The molecule has 2 aromatic heterocycles. The van der Waals surface area contributed by atoms with E-state index in [-0.39, 0.29) is 16.2 Å². The zero-order chi connectivity index (χ0) is 30.8. The highest BCUT2D eigenvalue weighted by Crippen LogP contribution is 2.42. The third kappa shape index (κ3) is 4.40. The number of aromatic amines is 1. The van der Waals surface area contributed by atoms with E-state index in [1.165, 1.54) is 23.0 Å². The molecule has 4 aromatic carbocycles. The van der Waals surface area contributed by atoms with Crippen molar-refractivity contribution in [2.24, 2.45) is 4.99 Å². The Hall–Kier alpha value is -5.34. The first-order valence-electron chi connectivity index (χ1n) is 14.9. The Bertz CT molecular complexity index is 2410. The first-order valence-corrected chi connectivity index (χ1v) is 15.7. The van der Waals surface area contributed by atoms with Crippen LogP contribution in [0, 0.1) is 24.0 Å². The van der Waals surface area contributed by atoms with Crippen LogP contribution in [0.4, 0.5) is 5.69 Å². The van der Waals surface area contributed by atoms with E-state index in [1.54, 1.807) is 16.7 Å². The maximum atomic E-state index is 14.5. The Kier molecular flexibility index (Phi) is 6.28. The number of aromatic nitrogens is 2. The largest absolute Gasteiger partial charge is 0.354 e. The quantitative estimate of drug-likeness (QED) is 0.173. The van der Waals surface area contributed by atoms with E-state index in [2.05, 4.69) is 55.2 Å². The smallest absolute Gasteiger partial charge is 0.271 e. The molecule has 8 rings (SSSR count). The van der Waals surface area contributed by atoms with Gasteiger partial charge in [0.15, 0.2) is 4.80 Å². The van der Waals surface area contributed by atoms with Crippen molar-refractivity contribution >= 4 is 39.7 Å². The van der Waals surface area contributed by atoms with E-state index in [4.69, 9.17) is 4.99 Å². The highest BCUT2D eigenvalue weighted by atomic mass is 32.1. The van der Waals surface area contributed by atoms with Gasteiger partial charge in [-0.1, -0.05) is 89.7 Å². The topological polar surface area (TPSA) is 93.3 Å². The molecule has 1 aliphatic carbocycles. The van der Waals surface area contributed by atoms with Crippen molar-refractivity contribution in [1.29, 1.82) is 0 Å². The second-order valence-corrected chi connectivity index (χ2v) is 12.8. The second-order valence-electron chi connectivity index (χ2n) is 11.7. The molecule has 45 heavy (non-hydrogen) atoms. The molecule has 0 bridgehead atoms. The fraction of sp³-hybridized carbons (Fsp3) is 0.135. The molecule has 3 heterocycles. The summed E-state index contributed by atoms with van der Waals surface area (Å²) in [5.41, 5.74) is 11.0. The van der Waals surface area contributed by atoms with E-state index < -0.39 is 6.04 Å². The molecular weight excluding hydrogens is 580 g/mol. The van der Waals surface area contributed by atoms with Gasteiger partial charge in [-0.15, -0.1) is 0 Å². The monoisotopic (exact) mass is 608 g/mol. The number of aryl methyl sites for hydroxylation is 3. The Morgan fingerprint density at radius 2 is 1.78 bits per heavy atom. The van der Waals surface area contributed by atoms with Crippen molar-refractivity contribution in [3.8, 4) is 11.3 Å². The van der Waals surface area contributed by atoms with Gasteiger partial charge in [-0.25, -0.2) is 4.99 Å². The average Bonchev–Trinajstić information content (AvgIpc) is 3.57. The van der Waals surface area contributed by atoms with Crippen molar-refractivity contribution in [3.05, 3.63) is 160 Å². The minimum atomic E-state index is -0.493. The van der Waals surface area contributed by atoms with Crippen molar-refractivity contribution < 1.29 is 4.92 Å². The molecule has 0 saturated carbocycles. The predicted molar refractivity (Wildman–Crippen MR) is 179 cm³/mol. The summed E-state index contributed by atoms with van der Waals surface area (Å²) >= 11 is 1.37. The van der Waals surface area contributed by atoms with Gasteiger partial charge >= 0.3 is 0 Å². The molecule has 1 atom stereocenters. The molecule has 0 radical (unpaired) electrons. The van der Waals surface area contributed by atoms with Crippen LogP contribution in [-0.2, 0) is 6.42 Å². The fourth-order valence-corrected chi connectivity index (χ4v) is 7.90. The molecule has 8 heteroatoms. The number of nitro benzene ring substituents is 1. The van der Waals surface area contributed by atoms with Crippen LogP contribution < -0.4 is 14.9 Å². The van der Waals surface area contributed by atoms with Crippen LogP contribution in [0.5, 0.6) is 0 Å². The van der Waals surface area contributed by atoms with Crippen LogP contribution in [0.15, 0.2) is 106 Å². The average molecular weight is 609 g/mol. The molecule has 0 saturated heterocycles. The van der Waals surface area contributed by atoms with E-state index in [1.807, 2.05) is 42.5 Å². The molecule has 1 aliphatic heterocycles. The normalized spacial score (nSPS) is 15.9. The number of nitro groups is 1. The second kappa shape index (κ2) is 10.4. The lowest BCUT2D eigenvalue weighted by molar-refractivity contribution is -0.384. The number of nitrogens with one attached hydrogen (secondary N) is 1. The minimum Gasteiger partial charge on any atom is -0.354 e. The van der Waals surface area contributed by atoms with E-state index >= 15 is 0 Å². The van der Waals surface area contributed by atoms with Crippen molar-refractivity contribution in [2.75, 3.05) is 0 Å². The molecule has 220 valence electrons. The number of hydrogen-bond acceptors (Lipinski definition) is 5. The van der Waals surface area contributed by atoms with Gasteiger partial charge in [0.05, 0.1) is 26.9 Å². The lowest BCUT2D eigenvalue weighted by Gasteiger charge is -2.30. The van der Waals surface area contributed by atoms with Crippen LogP contribution >= 0.6 is 11.3 Å². The van der Waals surface area contributed by atoms with Crippen LogP contribution in [0.25, 0.3) is 33.9 Å². The van der Waals surface area contributed by atoms with Gasteiger partial charge in [0.2, 0.25) is 0 Å². The highest BCUT2D eigenvalue weighted by molar-refractivity contribution is 7.07. The summed E-state index contributed by atoms with van der Waals surface area (Å²) in [6.07, 6.45) is 3.52. The Morgan fingerprint density at radius 3 is 2.60 bits per heavy atom. The fourth-order valence-electron chi connectivity index (χ4n) is 6.92. The van der Waals surface area contributed by atoms with Gasteiger partial charge in [-0.2, -0.15) is 0 Å². The zero-order valence-corrected chi connectivity index (χ0v) is 25.5. The summed E-state index contributed by atoms with van der Waals surface area (Å²) < 4.78 is 2.31. The number of benzene rings is 4. The predicted octanol–water partition coefficient (Wildman–Crippen LogP) is 6.99. The first kappa shape index (κ1) is 27.2. The lowest BCUT2D eigenvalue weighted by atomic mass is 9.83. The number of thiazole rings is 1. The summed E-state index contributed by atoms with van der Waals surface area (Å²) in [6.45, 7) is 4.18. The number of rotatable bonds is 4. The molecular formula is C37H28N4O3S. The molecule has 1 N–H and O–H groups in total. The van der Waals surface area contributed by atoms with E-state index in [9.17, 15) is 14.9 Å². The zero-order valence-electron chi connectivity index (χ0n) is 24.7. The summed E-state index contributed by atoms with van der Waals surface area (Å²) in [4.78, 5) is 35.3. The van der Waals surface area contributed by atoms with Gasteiger partial charge in [0.25, 0.3) is 11.2 Å². The molecule has 0 unspecified atom stereocenters. The maximum Gasteiger partial charge on any atom is 0.271 e. The summed E-state index contributed by atoms with van der Waals surface area (Å²) in [5.74, 6) is 0. The number of non-ortho nitro benzene ring substituents is 1. The third-order valence-corrected chi connectivity index (χ3v) is 9.88. The van der Waals surface area contributed by atoms with Crippen LogP contribution in [0.1, 0.15) is 45.8 Å². The Balaban J connectivity index is 1.42. The SMILES string of the molecule is Cc1cc(C)c2[nH]c(-c3ccccc3)c(/C=c3/sc4n(c3=O)[C@H](c3cccc([N+](=O)[O-])c3)C3=C(N=4)c4ccccc4CC3)c2c1. The van der Waals surface area contributed by atoms with Gasteiger partial charge < -0.3 is 4.98 Å². The minimum absolute atomic E-state index is 0.00187. The van der Waals surface area contributed by atoms with Gasteiger partial charge in [0.1, 0.15) is 0 Å². The number of nitrogens with zero attached hydrogens (tertiary/aromatic N) is 3. The molecule has 6 aromatic rings. The summed E-state index contributed by atoms with van der Waals surface area (Å²) in [5, 5.41) is 12.8. The van der Waals surface area contributed by atoms with Gasteiger partial charge in [-0.3, -0.25) is 19.5 Å². The standard InChI is InChI=1S/C37H28N4O3S/c1-21-17-22(2)32-29(18-21)30(33(38-32)24-10-4-3-5-11-24)20-31-36(42)40-35(25-12-8-13-26(19-25)41(43)44)28-16-15-23-9-6-7-14-27(23)34(28)39-37(40)45-31/h3-14,17-20,35,38H,15-16H2,1-2H3/b31-20+/t35-/m1/s1. The maximum absolute atomic E-state index is 14.5. The number of hydrogen-bond donors (Lipinski definition) is 1. The summed E-state index contributed by atoms with van der Waals surface area (Å²) in [6, 6.07) is 28.9. The molecule has 0 amide bonds. The molecule has 2 aliphatic rings. The molecule has 0 fully saturated rings. The first-order chi connectivity index (χ1) is 21.9. The van der Waals surface area contributed by atoms with E-state index in [0.717, 1.165) is 62.1 Å². The lowest BCUT2D eigenvalue weighted by Crippen LogP contribution is -2.38. The summed E-state index contributed by atoms with van der Waals surface area (Å²) in [7, 11) is 0. The number of H-pyrrole nitrogens is 1. The molecule has 0 spiro atoms. The van der Waals surface area contributed by atoms with E-state index in [0.29, 0.717) is 21.3 Å². The Morgan fingerprint density at radius 1 is 0.978 bits per heavy atom.